The first-order chi connectivity index (χ1) is 10.2. The number of carboxylic acid groups (broad SMARTS) is 1. The number of aromatic carboxylic acids is 1. The second kappa shape index (κ2) is 5.20. The number of hydrogen-bond acceptors (Lipinski definition) is 5. The van der Waals surface area contributed by atoms with E-state index in [4.69, 9.17) is 4.74 Å². The SMILES string of the molecule is O=C(O)c1cccc2c1OCCN2C(=O)c1cnccn1. The molecular weight excluding hydrogens is 274 g/mol. The van der Waals surface area contributed by atoms with Crippen LogP contribution in [-0.2, 0) is 0 Å². The van der Waals surface area contributed by atoms with E-state index in [-0.39, 0.29) is 29.5 Å². The topological polar surface area (TPSA) is 92.6 Å². The van der Waals surface area contributed by atoms with Gasteiger partial charge in [-0.2, -0.15) is 0 Å². The molecule has 0 saturated heterocycles. The van der Waals surface area contributed by atoms with E-state index in [1.165, 1.54) is 29.6 Å². The number of rotatable bonds is 2. The highest BCUT2D eigenvalue weighted by atomic mass is 16.5. The highest BCUT2D eigenvalue weighted by molar-refractivity contribution is 6.07. The largest absolute Gasteiger partial charge is 0.489 e. The number of nitrogens with zero attached hydrogens (tertiary/aromatic N) is 3. The lowest BCUT2D eigenvalue weighted by atomic mass is 10.1. The molecule has 21 heavy (non-hydrogen) atoms. The summed E-state index contributed by atoms with van der Waals surface area (Å²) in [7, 11) is 0. The van der Waals surface area contributed by atoms with E-state index < -0.39 is 5.97 Å². The van der Waals surface area contributed by atoms with Gasteiger partial charge in [0.1, 0.15) is 17.9 Å². The van der Waals surface area contributed by atoms with E-state index >= 15 is 0 Å². The zero-order valence-electron chi connectivity index (χ0n) is 10.9. The molecule has 1 amide bonds. The molecule has 1 aliphatic heterocycles. The van der Waals surface area contributed by atoms with Crippen LogP contribution >= 0.6 is 0 Å². The standard InChI is InChI=1S/C14H11N3O4/c18-13(10-8-15-4-5-16-10)17-6-7-21-12-9(14(19)20)2-1-3-11(12)17/h1-5,8H,6-7H2,(H,19,20). The normalized spacial score (nSPS) is 13.2. The minimum atomic E-state index is -1.10. The zero-order chi connectivity index (χ0) is 14.8. The number of anilines is 1. The molecule has 0 spiro atoms. The molecule has 1 aromatic carbocycles. The Morgan fingerprint density at radius 3 is 2.86 bits per heavy atom. The number of carboxylic acids is 1. The Labute approximate surface area is 119 Å². The minimum Gasteiger partial charge on any atom is -0.489 e. The molecular formula is C14H11N3O4. The van der Waals surface area contributed by atoms with Crippen molar-refractivity contribution in [1.82, 2.24) is 9.97 Å². The van der Waals surface area contributed by atoms with Gasteiger partial charge < -0.3 is 14.7 Å². The number of fused-ring (bicyclic) bond motifs is 1. The third kappa shape index (κ3) is 2.29. The van der Waals surface area contributed by atoms with Gasteiger partial charge in [-0.05, 0) is 12.1 Å². The van der Waals surface area contributed by atoms with Crippen molar-refractivity contribution in [3.63, 3.8) is 0 Å². The smallest absolute Gasteiger partial charge is 0.339 e. The minimum absolute atomic E-state index is 0.0316. The summed E-state index contributed by atoms with van der Waals surface area (Å²) in [5, 5.41) is 9.18. The van der Waals surface area contributed by atoms with E-state index in [0.29, 0.717) is 12.2 Å². The van der Waals surface area contributed by atoms with Crippen LogP contribution in [0.15, 0.2) is 36.8 Å². The van der Waals surface area contributed by atoms with Gasteiger partial charge in [-0.1, -0.05) is 6.07 Å². The van der Waals surface area contributed by atoms with E-state index in [1.54, 1.807) is 12.1 Å². The van der Waals surface area contributed by atoms with Gasteiger partial charge in [0.2, 0.25) is 0 Å². The molecule has 1 N–H and O–H groups in total. The van der Waals surface area contributed by atoms with Gasteiger partial charge in [-0.15, -0.1) is 0 Å². The average Bonchev–Trinajstić information content (AvgIpc) is 2.53. The monoisotopic (exact) mass is 285 g/mol. The molecule has 0 bridgehead atoms. The van der Waals surface area contributed by atoms with Crippen molar-refractivity contribution in [3.05, 3.63) is 48.0 Å². The Morgan fingerprint density at radius 2 is 2.14 bits per heavy atom. The van der Waals surface area contributed by atoms with Gasteiger partial charge in [0.25, 0.3) is 5.91 Å². The quantitative estimate of drug-likeness (QED) is 0.891. The molecule has 1 aromatic heterocycles. The number of amides is 1. The van der Waals surface area contributed by atoms with Crippen molar-refractivity contribution in [2.75, 3.05) is 18.1 Å². The van der Waals surface area contributed by atoms with Gasteiger partial charge in [0, 0.05) is 12.4 Å². The van der Waals surface area contributed by atoms with Gasteiger partial charge in [-0.3, -0.25) is 9.78 Å². The molecule has 0 unspecified atom stereocenters. The number of carbonyl (C=O) groups is 2. The molecule has 0 fully saturated rings. The van der Waals surface area contributed by atoms with Crippen LogP contribution in [0, 0.1) is 0 Å². The first-order valence-corrected chi connectivity index (χ1v) is 6.25. The maximum atomic E-state index is 12.5. The number of hydrogen-bond donors (Lipinski definition) is 1. The molecule has 0 radical (unpaired) electrons. The van der Waals surface area contributed by atoms with Crippen molar-refractivity contribution < 1.29 is 19.4 Å². The van der Waals surface area contributed by atoms with Crippen LogP contribution in [0.25, 0.3) is 0 Å². The van der Waals surface area contributed by atoms with Gasteiger partial charge in [0.05, 0.1) is 18.4 Å². The summed E-state index contributed by atoms with van der Waals surface area (Å²) in [5.41, 5.74) is 0.659. The maximum Gasteiger partial charge on any atom is 0.339 e. The van der Waals surface area contributed by atoms with Crippen molar-refractivity contribution >= 4 is 17.6 Å². The van der Waals surface area contributed by atoms with Crippen LogP contribution < -0.4 is 9.64 Å². The Morgan fingerprint density at radius 1 is 1.29 bits per heavy atom. The number of para-hydroxylation sites is 1. The second-order valence-electron chi connectivity index (χ2n) is 4.35. The molecule has 2 heterocycles. The van der Waals surface area contributed by atoms with Crippen LogP contribution in [0.5, 0.6) is 5.75 Å². The molecule has 106 valence electrons. The maximum absolute atomic E-state index is 12.5. The second-order valence-corrected chi connectivity index (χ2v) is 4.35. The van der Waals surface area contributed by atoms with Crippen LogP contribution in [0.4, 0.5) is 5.69 Å². The van der Waals surface area contributed by atoms with Crippen molar-refractivity contribution in [3.8, 4) is 5.75 Å². The van der Waals surface area contributed by atoms with Gasteiger partial charge >= 0.3 is 5.97 Å². The van der Waals surface area contributed by atoms with Gasteiger partial charge in [-0.25, -0.2) is 9.78 Å². The predicted octanol–water partition coefficient (Wildman–Crippen LogP) is 1.21. The van der Waals surface area contributed by atoms with Gasteiger partial charge in [0.15, 0.2) is 5.75 Å². The fourth-order valence-corrected chi connectivity index (χ4v) is 2.18. The highest BCUT2D eigenvalue weighted by Gasteiger charge is 2.28. The molecule has 1 aliphatic rings. The first kappa shape index (κ1) is 13.0. The van der Waals surface area contributed by atoms with Crippen LogP contribution in [0.2, 0.25) is 0 Å². The van der Waals surface area contributed by atoms with Crippen molar-refractivity contribution in [1.29, 1.82) is 0 Å². The lowest BCUT2D eigenvalue weighted by molar-refractivity contribution is 0.0690. The lowest BCUT2D eigenvalue weighted by Crippen LogP contribution is -2.38. The van der Waals surface area contributed by atoms with Crippen LogP contribution in [0.1, 0.15) is 20.8 Å². The average molecular weight is 285 g/mol. The number of carbonyl (C=O) groups excluding carboxylic acids is 1. The fraction of sp³-hybridized carbons (Fsp3) is 0.143. The summed E-state index contributed by atoms with van der Waals surface area (Å²) < 4.78 is 5.42. The summed E-state index contributed by atoms with van der Waals surface area (Å²) >= 11 is 0. The zero-order valence-corrected chi connectivity index (χ0v) is 10.9. The Kier molecular flexibility index (Phi) is 3.23. The van der Waals surface area contributed by atoms with Crippen molar-refractivity contribution in [2.45, 2.75) is 0 Å². The van der Waals surface area contributed by atoms with Crippen LogP contribution in [0.3, 0.4) is 0 Å². The summed E-state index contributed by atoms with van der Waals surface area (Å²) in [5.74, 6) is -1.23. The molecule has 0 atom stereocenters. The Balaban J connectivity index is 2.04. The van der Waals surface area contributed by atoms with Crippen LogP contribution in [-0.4, -0.2) is 40.1 Å². The van der Waals surface area contributed by atoms with E-state index in [2.05, 4.69) is 9.97 Å². The third-order valence-electron chi connectivity index (χ3n) is 3.10. The Hall–Kier alpha value is -2.96. The third-order valence-corrected chi connectivity index (χ3v) is 3.10. The number of aromatic nitrogens is 2. The Bertz CT molecular complexity index is 703. The van der Waals surface area contributed by atoms with E-state index in [0.717, 1.165) is 0 Å². The summed E-state index contributed by atoms with van der Waals surface area (Å²) in [6.45, 7) is 0.550. The molecule has 0 aliphatic carbocycles. The van der Waals surface area contributed by atoms with E-state index in [1.807, 2.05) is 0 Å². The predicted molar refractivity (Wildman–Crippen MR) is 72.6 cm³/mol. The molecule has 2 aromatic rings. The molecule has 3 rings (SSSR count). The number of benzene rings is 1. The summed E-state index contributed by atoms with van der Waals surface area (Å²) in [6.07, 6.45) is 4.29. The molecule has 0 saturated carbocycles. The fourth-order valence-electron chi connectivity index (χ4n) is 2.18. The molecule has 7 heteroatoms. The summed E-state index contributed by atoms with van der Waals surface area (Å²) in [6, 6.07) is 4.67. The first-order valence-electron chi connectivity index (χ1n) is 6.25. The van der Waals surface area contributed by atoms with E-state index in [9.17, 15) is 14.7 Å². The summed E-state index contributed by atoms with van der Waals surface area (Å²) in [4.78, 5) is 33.0. The van der Waals surface area contributed by atoms with Crippen molar-refractivity contribution in [2.24, 2.45) is 0 Å². The highest BCUT2D eigenvalue weighted by Crippen LogP contribution is 2.35. The molecule has 7 nitrogen and oxygen atoms in total. The lowest BCUT2D eigenvalue weighted by Gasteiger charge is -2.29. The number of ether oxygens (including phenoxy) is 1.